The molecule has 0 aliphatic rings. The van der Waals surface area contributed by atoms with Crippen molar-refractivity contribution in [3.63, 3.8) is 0 Å². The fourth-order valence-electron chi connectivity index (χ4n) is 1.63. The summed E-state index contributed by atoms with van der Waals surface area (Å²) >= 11 is 3.27. The normalized spacial score (nSPS) is 14.7. The third kappa shape index (κ3) is 2.33. The Kier molecular flexibility index (Phi) is 3.41. The Hall–Kier alpha value is -1.13. The van der Waals surface area contributed by atoms with E-state index in [9.17, 15) is 0 Å². The molecule has 3 nitrogen and oxygen atoms in total. The van der Waals surface area contributed by atoms with E-state index in [1.54, 1.807) is 12.4 Å². The van der Waals surface area contributed by atoms with Gasteiger partial charge >= 0.3 is 0 Å². The van der Waals surface area contributed by atoms with Crippen molar-refractivity contribution >= 4 is 15.9 Å². The summed E-state index contributed by atoms with van der Waals surface area (Å²) in [6.45, 7) is 2.08. The molecule has 2 aromatic heterocycles. The number of hydrogen-bond donors (Lipinski definition) is 1. The van der Waals surface area contributed by atoms with Crippen LogP contribution in [0.25, 0.3) is 0 Å². The van der Waals surface area contributed by atoms with Crippen LogP contribution in [0.2, 0.25) is 0 Å². The van der Waals surface area contributed by atoms with Crippen LogP contribution in [0.15, 0.2) is 45.7 Å². The van der Waals surface area contributed by atoms with Gasteiger partial charge in [0.15, 0.2) is 4.67 Å². The summed E-state index contributed by atoms with van der Waals surface area (Å²) in [5.41, 5.74) is 7.31. The van der Waals surface area contributed by atoms with Crippen molar-refractivity contribution in [2.75, 3.05) is 0 Å². The minimum absolute atomic E-state index is 0.145. The standard InChI is InChI=1S/C12H13BrN2O/c1-8(9-4-6-15-7-5-9)12(14)10-2-3-11(13)16-10/h2-8,12H,14H2,1H3. The van der Waals surface area contributed by atoms with Crippen molar-refractivity contribution in [3.8, 4) is 0 Å². The molecule has 0 aliphatic heterocycles. The van der Waals surface area contributed by atoms with Crippen LogP contribution in [0.5, 0.6) is 0 Å². The second kappa shape index (κ2) is 4.80. The fraction of sp³-hybridized carbons (Fsp3) is 0.250. The van der Waals surface area contributed by atoms with Crippen molar-refractivity contribution in [2.24, 2.45) is 5.73 Å². The average Bonchev–Trinajstić information content (AvgIpc) is 2.75. The first-order valence-electron chi connectivity index (χ1n) is 5.09. The van der Waals surface area contributed by atoms with Gasteiger partial charge in [0.2, 0.25) is 0 Å². The van der Waals surface area contributed by atoms with Crippen LogP contribution in [0.3, 0.4) is 0 Å². The van der Waals surface area contributed by atoms with Crippen LogP contribution in [0.4, 0.5) is 0 Å². The molecule has 16 heavy (non-hydrogen) atoms. The van der Waals surface area contributed by atoms with E-state index in [1.807, 2.05) is 24.3 Å². The van der Waals surface area contributed by atoms with Gasteiger partial charge in [-0.3, -0.25) is 4.98 Å². The molecule has 0 fully saturated rings. The van der Waals surface area contributed by atoms with Crippen LogP contribution < -0.4 is 5.73 Å². The Balaban J connectivity index is 2.19. The lowest BCUT2D eigenvalue weighted by Crippen LogP contribution is -2.17. The van der Waals surface area contributed by atoms with Crippen molar-refractivity contribution in [2.45, 2.75) is 18.9 Å². The van der Waals surface area contributed by atoms with Gasteiger partial charge in [0.1, 0.15) is 5.76 Å². The summed E-state index contributed by atoms with van der Waals surface area (Å²) in [6, 6.07) is 7.56. The summed E-state index contributed by atoms with van der Waals surface area (Å²) in [5.74, 6) is 0.984. The first-order chi connectivity index (χ1) is 7.68. The first-order valence-corrected chi connectivity index (χ1v) is 5.88. The van der Waals surface area contributed by atoms with E-state index in [1.165, 1.54) is 0 Å². The largest absolute Gasteiger partial charge is 0.453 e. The highest BCUT2D eigenvalue weighted by Gasteiger charge is 2.19. The SMILES string of the molecule is CC(c1ccncc1)C(N)c1ccc(Br)o1. The maximum atomic E-state index is 6.15. The summed E-state index contributed by atoms with van der Waals surface area (Å²) in [4.78, 5) is 3.99. The highest BCUT2D eigenvalue weighted by molar-refractivity contribution is 9.10. The Labute approximate surface area is 103 Å². The highest BCUT2D eigenvalue weighted by atomic mass is 79.9. The molecule has 0 saturated carbocycles. The van der Waals surface area contributed by atoms with E-state index < -0.39 is 0 Å². The molecule has 0 aliphatic carbocycles. The van der Waals surface area contributed by atoms with E-state index in [-0.39, 0.29) is 12.0 Å². The average molecular weight is 281 g/mol. The predicted molar refractivity (Wildman–Crippen MR) is 66.0 cm³/mol. The lowest BCUT2D eigenvalue weighted by atomic mass is 9.93. The number of pyridine rings is 1. The van der Waals surface area contributed by atoms with E-state index in [4.69, 9.17) is 10.2 Å². The molecule has 2 unspecified atom stereocenters. The van der Waals surface area contributed by atoms with Gasteiger partial charge < -0.3 is 10.2 Å². The number of furan rings is 1. The van der Waals surface area contributed by atoms with Crippen molar-refractivity contribution in [1.82, 2.24) is 4.98 Å². The summed E-state index contributed by atoms with van der Waals surface area (Å²) in [5, 5.41) is 0. The highest BCUT2D eigenvalue weighted by Crippen LogP contribution is 2.30. The predicted octanol–water partition coefficient (Wildman–Crippen LogP) is 3.24. The molecule has 2 aromatic rings. The fourth-order valence-corrected chi connectivity index (χ4v) is 1.95. The molecule has 0 bridgehead atoms. The van der Waals surface area contributed by atoms with E-state index >= 15 is 0 Å². The smallest absolute Gasteiger partial charge is 0.169 e. The van der Waals surface area contributed by atoms with Gasteiger partial charge in [-0.15, -0.1) is 0 Å². The molecule has 4 heteroatoms. The van der Waals surface area contributed by atoms with E-state index in [0.717, 1.165) is 11.3 Å². The monoisotopic (exact) mass is 280 g/mol. The molecule has 0 aromatic carbocycles. The minimum atomic E-state index is -0.145. The number of nitrogens with two attached hydrogens (primary N) is 1. The minimum Gasteiger partial charge on any atom is -0.453 e. The summed E-state index contributed by atoms with van der Waals surface area (Å²) < 4.78 is 6.17. The quantitative estimate of drug-likeness (QED) is 0.939. The molecule has 2 rings (SSSR count). The number of halogens is 1. The maximum Gasteiger partial charge on any atom is 0.169 e. The van der Waals surface area contributed by atoms with Gasteiger partial charge in [-0.25, -0.2) is 0 Å². The van der Waals surface area contributed by atoms with Crippen LogP contribution in [0, 0.1) is 0 Å². The molecule has 2 N–H and O–H groups in total. The summed E-state index contributed by atoms with van der Waals surface area (Å²) in [6.07, 6.45) is 3.55. The van der Waals surface area contributed by atoms with Gasteiger partial charge in [0, 0.05) is 18.3 Å². The molecule has 0 saturated heterocycles. The van der Waals surface area contributed by atoms with Crippen molar-refractivity contribution < 1.29 is 4.42 Å². The molecule has 2 heterocycles. The Morgan fingerprint density at radius 1 is 1.25 bits per heavy atom. The molecule has 0 amide bonds. The summed E-state index contributed by atoms with van der Waals surface area (Å²) in [7, 11) is 0. The first kappa shape index (κ1) is 11.4. The number of rotatable bonds is 3. The molecule has 84 valence electrons. The molecule has 0 spiro atoms. The zero-order valence-electron chi connectivity index (χ0n) is 8.93. The number of hydrogen-bond acceptors (Lipinski definition) is 3. The second-order valence-electron chi connectivity index (χ2n) is 3.74. The number of aromatic nitrogens is 1. The Morgan fingerprint density at radius 3 is 2.50 bits per heavy atom. The zero-order chi connectivity index (χ0) is 11.5. The van der Waals surface area contributed by atoms with Gasteiger partial charge in [0.25, 0.3) is 0 Å². The van der Waals surface area contributed by atoms with Crippen LogP contribution in [0.1, 0.15) is 30.2 Å². The lowest BCUT2D eigenvalue weighted by molar-refractivity contribution is 0.422. The molecular weight excluding hydrogens is 268 g/mol. The van der Waals surface area contributed by atoms with E-state index in [2.05, 4.69) is 27.8 Å². The molecular formula is C12H13BrN2O. The maximum absolute atomic E-state index is 6.15. The van der Waals surface area contributed by atoms with Crippen molar-refractivity contribution in [1.29, 1.82) is 0 Å². The number of nitrogens with zero attached hydrogens (tertiary/aromatic N) is 1. The van der Waals surface area contributed by atoms with Crippen LogP contribution in [-0.4, -0.2) is 4.98 Å². The Morgan fingerprint density at radius 2 is 1.94 bits per heavy atom. The lowest BCUT2D eigenvalue weighted by Gasteiger charge is -2.17. The zero-order valence-corrected chi connectivity index (χ0v) is 10.5. The second-order valence-corrected chi connectivity index (χ2v) is 4.52. The van der Waals surface area contributed by atoms with Gasteiger partial charge in [-0.05, 0) is 45.8 Å². The molecule has 2 atom stereocenters. The third-order valence-corrected chi connectivity index (χ3v) is 3.12. The van der Waals surface area contributed by atoms with Gasteiger partial charge in [-0.1, -0.05) is 6.92 Å². The van der Waals surface area contributed by atoms with Crippen LogP contribution >= 0.6 is 15.9 Å². The topological polar surface area (TPSA) is 52.0 Å². The third-order valence-electron chi connectivity index (χ3n) is 2.69. The molecule has 0 radical (unpaired) electrons. The van der Waals surface area contributed by atoms with Gasteiger partial charge in [0.05, 0.1) is 6.04 Å². The Bertz CT molecular complexity index is 455. The van der Waals surface area contributed by atoms with Gasteiger partial charge in [-0.2, -0.15) is 0 Å². The van der Waals surface area contributed by atoms with Crippen LogP contribution in [-0.2, 0) is 0 Å². The van der Waals surface area contributed by atoms with Crippen molar-refractivity contribution in [3.05, 3.63) is 52.7 Å². The van der Waals surface area contributed by atoms with E-state index in [0.29, 0.717) is 4.67 Å².